The van der Waals surface area contributed by atoms with E-state index in [1.165, 1.54) is 11.1 Å². The van der Waals surface area contributed by atoms with Crippen molar-refractivity contribution in [3.63, 3.8) is 0 Å². The summed E-state index contributed by atoms with van der Waals surface area (Å²) in [6.07, 6.45) is 9.17. The fourth-order valence-corrected chi connectivity index (χ4v) is 2.27. The van der Waals surface area contributed by atoms with Crippen LogP contribution in [0.4, 0.5) is 0 Å². The van der Waals surface area contributed by atoms with Gasteiger partial charge >= 0.3 is 0 Å². The zero-order valence-electron chi connectivity index (χ0n) is 11.8. The van der Waals surface area contributed by atoms with Crippen LogP contribution in [-0.4, -0.2) is 4.98 Å². The first-order valence-corrected chi connectivity index (χ1v) is 7.58. The lowest BCUT2D eigenvalue weighted by Crippen LogP contribution is -1.86. The van der Waals surface area contributed by atoms with Gasteiger partial charge in [0.15, 0.2) is 0 Å². The normalized spacial score (nSPS) is 12.1. The highest BCUT2D eigenvalue weighted by Gasteiger charge is 2.02. The van der Waals surface area contributed by atoms with Gasteiger partial charge in [0, 0.05) is 16.2 Å². The summed E-state index contributed by atoms with van der Waals surface area (Å²) in [5.41, 5.74) is 4.75. The molecule has 0 amide bonds. The molecule has 0 N–H and O–H groups in total. The molecule has 0 aliphatic rings. The summed E-state index contributed by atoms with van der Waals surface area (Å²) in [5.74, 6) is 0. The molecule has 2 aromatic rings. The van der Waals surface area contributed by atoms with Gasteiger partial charge in [-0.3, -0.25) is 4.98 Å². The quantitative estimate of drug-likeness (QED) is 0.639. The third-order valence-electron chi connectivity index (χ3n) is 3.15. The van der Waals surface area contributed by atoms with Crippen molar-refractivity contribution < 1.29 is 0 Å². The maximum Gasteiger partial charge on any atom is 0.0702 e. The van der Waals surface area contributed by atoms with Crippen LogP contribution in [0, 0.1) is 0 Å². The molecule has 2 rings (SSSR count). The number of benzene rings is 1. The molecule has 102 valence electrons. The zero-order valence-corrected chi connectivity index (χ0v) is 13.4. The Bertz CT molecular complexity index is 607. The highest BCUT2D eigenvalue weighted by Crippen LogP contribution is 2.23. The van der Waals surface area contributed by atoms with Gasteiger partial charge in [-0.2, -0.15) is 0 Å². The Morgan fingerprint density at radius 2 is 1.90 bits per heavy atom. The maximum absolute atomic E-state index is 4.42. The molecule has 0 aliphatic carbocycles. The third-order valence-corrected chi connectivity index (χ3v) is 3.62. The van der Waals surface area contributed by atoms with Gasteiger partial charge < -0.3 is 0 Å². The first-order valence-electron chi connectivity index (χ1n) is 6.78. The highest BCUT2D eigenvalue weighted by atomic mass is 79.9. The number of hydrogen-bond acceptors (Lipinski definition) is 1. The predicted molar refractivity (Wildman–Crippen MR) is 90.5 cm³/mol. The van der Waals surface area contributed by atoms with Crippen molar-refractivity contribution >= 4 is 21.5 Å². The van der Waals surface area contributed by atoms with Crippen LogP contribution < -0.4 is 0 Å². The molecule has 0 radical (unpaired) electrons. The molecule has 2 heteroatoms. The summed E-state index contributed by atoms with van der Waals surface area (Å²) < 4.78 is 1.00. The van der Waals surface area contributed by atoms with Crippen LogP contribution in [0.5, 0.6) is 0 Å². The molecule has 20 heavy (non-hydrogen) atoms. The van der Waals surface area contributed by atoms with Crippen LogP contribution in [0.1, 0.15) is 25.8 Å². The van der Waals surface area contributed by atoms with Crippen LogP contribution in [0.2, 0.25) is 0 Å². The van der Waals surface area contributed by atoms with Crippen molar-refractivity contribution in [2.75, 3.05) is 0 Å². The van der Waals surface area contributed by atoms with Crippen molar-refractivity contribution in [1.82, 2.24) is 4.98 Å². The van der Waals surface area contributed by atoms with Crippen molar-refractivity contribution in [2.45, 2.75) is 20.3 Å². The van der Waals surface area contributed by atoms with Crippen LogP contribution in [-0.2, 0) is 0 Å². The van der Waals surface area contributed by atoms with Gasteiger partial charge in [0.05, 0.1) is 5.69 Å². The summed E-state index contributed by atoms with van der Waals surface area (Å²) in [5, 5.41) is 0. The third kappa shape index (κ3) is 3.67. The van der Waals surface area contributed by atoms with Crippen molar-refractivity contribution in [3.8, 4) is 11.3 Å². The Morgan fingerprint density at radius 1 is 1.15 bits per heavy atom. The minimum atomic E-state index is 0.996. The molecule has 1 nitrogen and oxygen atoms in total. The van der Waals surface area contributed by atoms with E-state index < -0.39 is 0 Å². The molecule has 0 spiro atoms. The summed E-state index contributed by atoms with van der Waals surface area (Å²) in [6, 6.07) is 12.6. The van der Waals surface area contributed by atoms with Gasteiger partial charge in [0.25, 0.3) is 0 Å². The lowest BCUT2D eigenvalue weighted by atomic mass is 10.0. The summed E-state index contributed by atoms with van der Waals surface area (Å²) in [4.78, 5) is 4.42. The van der Waals surface area contributed by atoms with Gasteiger partial charge in [-0.25, -0.2) is 0 Å². The Balaban J connectivity index is 2.27. The number of hydrogen-bond donors (Lipinski definition) is 0. The molecule has 0 fully saturated rings. The average molecular weight is 328 g/mol. The van der Waals surface area contributed by atoms with Crippen LogP contribution in [0.25, 0.3) is 16.8 Å². The molecular weight excluding hydrogens is 310 g/mol. The average Bonchev–Trinajstić information content (AvgIpc) is 2.49. The fraction of sp³-hybridized carbons (Fsp3) is 0.167. The molecule has 0 unspecified atom stereocenters. The zero-order chi connectivity index (χ0) is 14.4. The Hall–Kier alpha value is -1.67. The lowest BCUT2D eigenvalue weighted by Gasteiger charge is -2.06. The molecular formula is C18H18BrN. The summed E-state index contributed by atoms with van der Waals surface area (Å²) in [7, 11) is 0. The minimum absolute atomic E-state index is 0.996. The number of pyridine rings is 1. The first-order chi connectivity index (χ1) is 9.74. The second-order valence-corrected chi connectivity index (χ2v) is 5.43. The maximum atomic E-state index is 4.42. The van der Waals surface area contributed by atoms with Gasteiger partial charge in [0.2, 0.25) is 0 Å². The van der Waals surface area contributed by atoms with E-state index in [0.29, 0.717) is 0 Å². The van der Waals surface area contributed by atoms with E-state index in [1.807, 2.05) is 25.3 Å². The minimum Gasteiger partial charge on any atom is -0.255 e. The topological polar surface area (TPSA) is 12.9 Å². The van der Waals surface area contributed by atoms with E-state index in [1.54, 1.807) is 0 Å². The molecule has 1 aromatic heterocycles. The van der Waals surface area contributed by atoms with Crippen molar-refractivity contribution in [2.24, 2.45) is 0 Å². The predicted octanol–water partition coefficient (Wildman–Crippen LogP) is 5.88. The van der Waals surface area contributed by atoms with E-state index in [-0.39, 0.29) is 0 Å². The largest absolute Gasteiger partial charge is 0.255 e. The molecule has 0 saturated heterocycles. The molecule has 0 saturated carbocycles. The number of nitrogens with zero attached hydrogens (tertiary/aromatic N) is 1. The molecule has 1 heterocycles. The van der Waals surface area contributed by atoms with Gasteiger partial charge in [-0.05, 0) is 52.5 Å². The van der Waals surface area contributed by atoms with Crippen LogP contribution in [0.3, 0.4) is 0 Å². The van der Waals surface area contributed by atoms with E-state index in [9.17, 15) is 0 Å². The SMILES string of the molecule is C/C=C\C=C(/CC)c1ccc(-c2ccc(Br)cn2)cc1. The van der Waals surface area contributed by atoms with Crippen LogP contribution >= 0.6 is 15.9 Å². The molecule has 1 aromatic carbocycles. The van der Waals surface area contributed by atoms with Gasteiger partial charge in [0.1, 0.15) is 0 Å². The summed E-state index contributed by atoms with van der Waals surface area (Å²) in [6.45, 7) is 4.21. The van der Waals surface area contributed by atoms with Gasteiger partial charge in [-0.1, -0.05) is 49.4 Å². The number of allylic oxidation sites excluding steroid dienone is 4. The second-order valence-electron chi connectivity index (χ2n) is 4.51. The Kier molecular flexibility index (Phi) is 5.31. The van der Waals surface area contributed by atoms with Crippen molar-refractivity contribution in [3.05, 3.63) is 70.9 Å². The van der Waals surface area contributed by atoms with E-state index in [0.717, 1.165) is 22.2 Å². The Morgan fingerprint density at radius 3 is 2.45 bits per heavy atom. The highest BCUT2D eigenvalue weighted by molar-refractivity contribution is 9.10. The fourth-order valence-electron chi connectivity index (χ4n) is 2.03. The monoisotopic (exact) mass is 327 g/mol. The lowest BCUT2D eigenvalue weighted by molar-refractivity contribution is 1.24. The van der Waals surface area contributed by atoms with Crippen molar-refractivity contribution in [1.29, 1.82) is 0 Å². The smallest absolute Gasteiger partial charge is 0.0702 e. The number of rotatable bonds is 4. The standard InChI is InChI=1S/C18H18BrN/c1-3-5-6-14(4-2)15-7-9-16(10-8-15)18-12-11-17(19)13-20-18/h3,5-13H,4H2,1-2H3/b5-3-,14-6+. The second kappa shape index (κ2) is 7.20. The van der Waals surface area contributed by atoms with E-state index >= 15 is 0 Å². The molecule has 0 aliphatic heterocycles. The van der Waals surface area contributed by atoms with Gasteiger partial charge in [-0.15, -0.1) is 0 Å². The van der Waals surface area contributed by atoms with E-state index in [4.69, 9.17) is 0 Å². The summed E-state index contributed by atoms with van der Waals surface area (Å²) >= 11 is 3.41. The number of aromatic nitrogens is 1. The molecule has 0 bridgehead atoms. The van der Waals surface area contributed by atoms with Crippen LogP contribution in [0.15, 0.2) is 65.3 Å². The van der Waals surface area contributed by atoms with E-state index in [2.05, 4.69) is 70.3 Å². The molecule has 0 atom stereocenters. The Labute approximate surface area is 129 Å². The first kappa shape index (κ1) is 14.7. The number of halogens is 1.